The summed E-state index contributed by atoms with van der Waals surface area (Å²) < 4.78 is 0. The van der Waals surface area contributed by atoms with E-state index >= 15 is 0 Å². The van der Waals surface area contributed by atoms with E-state index in [1.807, 2.05) is 6.07 Å². The summed E-state index contributed by atoms with van der Waals surface area (Å²) >= 11 is 6.16. The summed E-state index contributed by atoms with van der Waals surface area (Å²) in [6.07, 6.45) is 9.71. The molecule has 0 radical (unpaired) electrons. The summed E-state index contributed by atoms with van der Waals surface area (Å²) in [6, 6.07) is 8.87. The molecule has 1 nitrogen and oxygen atoms in total. The first-order valence-corrected chi connectivity index (χ1v) is 8.18. The third-order valence-corrected chi connectivity index (χ3v) is 4.49. The Labute approximate surface area is 122 Å². The Kier molecular flexibility index (Phi) is 6.19. The van der Waals surface area contributed by atoms with Crippen LogP contribution in [0.15, 0.2) is 24.3 Å². The van der Waals surface area contributed by atoms with Crippen LogP contribution in [0.25, 0.3) is 0 Å². The number of hydrogen-bond acceptors (Lipinski definition) is 1. The van der Waals surface area contributed by atoms with E-state index in [0.29, 0.717) is 6.04 Å². The Morgan fingerprint density at radius 2 is 1.84 bits per heavy atom. The van der Waals surface area contributed by atoms with Crippen molar-refractivity contribution in [1.29, 1.82) is 0 Å². The summed E-state index contributed by atoms with van der Waals surface area (Å²) in [4.78, 5) is 0. The molecule has 2 heteroatoms. The fourth-order valence-corrected chi connectivity index (χ4v) is 3.50. The predicted molar refractivity (Wildman–Crippen MR) is 83.7 cm³/mol. The molecule has 0 aliphatic heterocycles. The normalized spacial score (nSPS) is 19.7. The first-order valence-electron chi connectivity index (χ1n) is 7.80. The van der Waals surface area contributed by atoms with Gasteiger partial charge in [-0.3, -0.25) is 0 Å². The van der Waals surface area contributed by atoms with E-state index in [1.165, 1.54) is 50.5 Å². The molecule has 1 aromatic carbocycles. The van der Waals surface area contributed by atoms with E-state index in [1.54, 1.807) is 0 Å². The van der Waals surface area contributed by atoms with E-state index in [0.717, 1.165) is 17.5 Å². The smallest absolute Gasteiger partial charge is 0.0409 e. The van der Waals surface area contributed by atoms with Crippen molar-refractivity contribution in [2.75, 3.05) is 6.54 Å². The van der Waals surface area contributed by atoms with Gasteiger partial charge in [-0.25, -0.2) is 0 Å². The number of benzene rings is 1. The molecule has 1 atom stereocenters. The van der Waals surface area contributed by atoms with Crippen LogP contribution in [0.3, 0.4) is 0 Å². The lowest BCUT2D eigenvalue weighted by Crippen LogP contribution is -2.28. The third kappa shape index (κ3) is 4.50. The van der Waals surface area contributed by atoms with Crippen molar-refractivity contribution in [3.63, 3.8) is 0 Å². The Bertz CT molecular complexity index is 369. The summed E-state index contributed by atoms with van der Waals surface area (Å²) in [5, 5.41) is 4.54. The van der Waals surface area contributed by atoms with Crippen LogP contribution in [0.2, 0.25) is 5.02 Å². The van der Waals surface area contributed by atoms with Crippen LogP contribution in [0.1, 0.15) is 63.5 Å². The zero-order valence-corrected chi connectivity index (χ0v) is 12.8. The molecule has 0 heterocycles. The molecule has 1 N–H and O–H groups in total. The maximum Gasteiger partial charge on any atom is 0.0409 e. The first kappa shape index (κ1) is 14.9. The largest absolute Gasteiger partial charge is 0.310 e. The summed E-state index contributed by atoms with van der Waals surface area (Å²) in [5.41, 5.74) is 1.36. The second-order valence-corrected chi connectivity index (χ2v) is 6.13. The summed E-state index contributed by atoms with van der Waals surface area (Å²) in [6.45, 7) is 3.22. The first-order chi connectivity index (χ1) is 9.31. The van der Waals surface area contributed by atoms with Crippen molar-refractivity contribution in [3.8, 4) is 0 Å². The fourth-order valence-electron chi connectivity index (χ4n) is 3.30. The van der Waals surface area contributed by atoms with Gasteiger partial charge in [-0.2, -0.15) is 0 Å². The molecule has 0 aromatic heterocycles. The number of halogens is 1. The minimum Gasteiger partial charge on any atom is -0.310 e. The fraction of sp³-hybridized carbons (Fsp3) is 0.647. The van der Waals surface area contributed by atoms with Crippen LogP contribution >= 0.6 is 11.6 Å². The van der Waals surface area contributed by atoms with Gasteiger partial charge in [0.25, 0.3) is 0 Å². The second-order valence-electron chi connectivity index (χ2n) is 5.70. The van der Waals surface area contributed by atoms with E-state index in [2.05, 4.69) is 30.4 Å². The van der Waals surface area contributed by atoms with Crippen molar-refractivity contribution in [2.45, 2.75) is 57.9 Å². The van der Waals surface area contributed by atoms with Gasteiger partial charge in [0.05, 0.1) is 0 Å². The molecule has 0 saturated heterocycles. The van der Waals surface area contributed by atoms with Crippen LogP contribution in [-0.2, 0) is 0 Å². The maximum absolute atomic E-state index is 6.16. The van der Waals surface area contributed by atoms with Gasteiger partial charge >= 0.3 is 0 Å². The summed E-state index contributed by atoms with van der Waals surface area (Å²) in [7, 11) is 0. The lowest BCUT2D eigenvalue weighted by Gasteiger charge is -2.30. The zero-order chi connectivity index (χ0) is 13.5. The summed E-state index contributed by atoms with van der Waals surface area (Å²) in [5.74, 6) is 0.763. The highest BCUT2D eigenvalue weighted by Gasteiger charge is 2.22. The van der Waals surface area contributed by atoms with E-state index in [9.17, 15) is 0 Å². The SMILES string of the molecule is CCNC(c1cccc(Cl)c1)C1CCCCCCC1. The van der Waals surface area contributed by atoms with Gasteiger partial charge in [0.15, 0.2) is 0 Å². The molecule has 19 heavy (non-hydrogen) atoms. The molecule has 1 aliphatic carbocycles. The topological polar surface area (TPSA) is 12.0 Å². The standard InChI is InChI=1S/C17H26ClN/c1-2-19-17(15-11-8-12-16(18)13-15)14-9-6-4-3-5-7-10-14/h8,11-14,17,19H,2-7,9-10H2,1H3. The maximum atomic E-state index is 6.16. The molecule has 0 amide bonds. The molecule has 1 aliphatic rings. The second kappa shape index (κ2) is 7.91. The van der Waals surface area contributed by atoms with Crippen LogP contribution < -0.4 is 5.32 Å². The van der Waals surface area contributed by atoms with Crippen molar-refractivity contribution >= 4 is 11.6 Å². The van der Waals surface area contributed by atoms with Gasteiger partial charge < -0.3 is 5.32 Å². The molecule has 1 fully saturated rings. The highest BCUT2D eigenvalue weighted by Crippen LogP contribution is 2.33. The van der Waals surface area contributed by atoms with E-state index < -0.39 is 0 Å². The Balaban J connectivity index is 2.13. The number of rotatable bonds is 4. The Morgan fingerprint density at radius 1 is 1.16 bits per heavy atom. The van der Waals surface area contributed by atoms with Gasteiger partial charge in [-0.15, -0.1) is 0 Å². The van der Waals surface area contributed by atoms with Crippen LogP contribution in [0, 0.1) is 5.92 Å². The highest BCUT2D eigenvalue weighted by molar-refractivity contribution is 6.30. The van der Waals surface area contributed by atoms with Crippen LogP contribution in [0.4, 0.5) is 0 Å². The quantitative estimate of drug-likeness (QED) is 0.783. The molecule has 2 rings (SSSR count). The average Bonchev–Trinajstić information content (AvgIpc) is 2.36. The molecule has 1 unspecified atom stereocenters. The third-order valence-electron chi connectivity index (χ3n) is 4.25. The van der Waals surface area contributed by atoms with Crippen molar-refractivity contribution < 1.29 is 0 Å². The highest BCUT2D eigenvalue weighted by atomic mass is 35.5. The van der Waals surface area contributed by atoms with Crippen molar-refractivity contribution in [2.24, 2.45) is 5.92 Å². The average molecular weight is 280 g/mol. The van der Waals surface area contributed by atoms with Gasteiger partial charge in [0.1, 0.15) is 0 Å². The van der Waals surface area contributed by atoms with Crippen LogP contribution in [0.5, 0.6) is 0 Å². The lowest BCUT2D eigenvalue weighted by atomic mass is 9.83. The van der Waals surface area contributed by atoms with Gasteiger partial charge in [0.2, 0.25) is 0 Å². The monoisotopic (exact) mass is 279 g/mol. The Hall–Kier alpha value is -0.530. The van der Waals surface area contributed by atoms with Gasteiger partial charge in [-0.1, -0.05) is 62.8 Å². The minimum atomic E-state index is 0.474. The predicted octanol–water partition coefficient (Wildman–Crippen LogP) is 5.35. The molecule has 0 spiro atoms. The van der Waals surface area contributed by atoms with Crippen LogP contribution in [-0.4, -0.2) is 6.54 Å². The molecular formula is C17H26ClN. The zero-order valence-electron chi connectivity index (χ0n) is 12.0. The van der Waals surface area contributed by atoms with Gasteiger partial charge in [-0.05, 0) is 43.0 Å². The molecular weight excluding hydrogens is 254 g/mol. The molecule has 0 bridgehead atoms. The number of nitrogens with one attached hydrogen (secondary N) is 1. The number of hydrogen-bond donors (Lipinski definition) is 1. The minimum absolute atomic E-state index is 0.474. The van der Waals surface area contributed by atoms with Gasteiger partial charge in [0, 0.05) is 11.1 Å². The van der Waals surface area contributed by atoms with E-state index in [-0.39, 0.29) is 0 Å². The van der Waals surface area contributed by atoms with Crippen molar-refractivity contribution in [1.82, 2.24) is 5.32 Å². The lowest BCUT2D eigenvalue weighted by molar-refractivity contribution is 0.291. The molecule has 1 aromatic rings. The van der Waals surface area contributed by atoms with E-state index in [4.69, 9.17) is 11.6 Å². The Morgan fingerprint density at radius 3 is 2.47 bits per heavy atom. The van der Waals surface area contributed by atoms with Crippen molar-refractivity contribution in [3.05, 3.63) is 34.9 Å². The molecule has 1 saturated carbocycles. The molecule has 106 valence electrons.